The first-order valence-corrected chi connectivity index (χ1v) is 7.68. The molecule has 2 heterocycles. The summed E-state index contributed by atoms with van der Waals surface area (Å²) in [5.74, 6) is 0.299. The van der Waals surface area contributed by atoms with Gasteiger partial charge in [-0.05, 0) is 18.9 Å². The van der Waals surface area contributed by atoms with Crippen LogP contribution in [0.4, 0.5) is 0 Å². The maximum absolute atomic E-state index is 12.3. The Morgan fingerprint density at radius 1 is 1.61 bits per heavy atom. The Balaban J connectivity index is 2.22. The monoisotopic (exact) mass is 292 g/mol. The second-order valence-corrected chi connectivity index (χ2v) is 6.66. The van der Waals surface area contributed by atoms with E-state index >= 15 is 0 Å². The van der Waals surface area contributed by atoms with Crippen molar-refractivity contribution in [1.29, 1.82) is 0 Å². The van der Waals surface area contributed by atoms with Crippen LogP contribution in [-0.4, -0.2) is 37.3 Å². The van der Waals surface area contributed by atoms with E-state index in [-0.39, 0.29) is 16.1 Å². The van der Waals surface area contributed by atoms with Crippen LogP contribution < -0.4 is 10.0 Å². The Labute approximate surface area is 112 Å². The molecule has 1 saturated heterocycles. The molecule has 6 nitrogen and oxygen atoms in total. The zero-order valence-electron chi connectivity index (χ0n) is 10.4. The summed E-state index contributed by atoms with van der Waals surface area (Å²) in [5.41, 5.74) is 0. The number of piperidine rings is 1. The number of halogens is 1. The molecule has 0 spiro atoms. The highest BCUT2D eigenvalue weighted by Crippen LogP contribution is 2.21. The number of sulfonamides is 1. The van der Waals surface area contributed by atoms with Crippen LogP contribution in [0.25, 0.3) is 0 Å². The lowest BCUT2D eigenvalue weighted by Crippen LogP contribution is -2.50. The van der Waals surface area contributed by atoms with Gasteiger partial charge in [-0.1, -0.05) is 18.5 Å². The number of aryl methyl sites for hydroxylation is 1. The topological polar surface area (TPSA) is 76.0 Å². The van der Waals surface area contributed by atoms with Crippen molar-refractivity contribution in [3.63, 3.8) is 0 Å². The molecule has 2 unspecified atom stereocenters. The third kappa shape index (κ3) is 2.69. The van der Waals surface area contributed by atoms with Gasteiger partial charge in [0.05, 0.1) is 11.2 Å². The molecule has 2 rings (SSSR count). The van der Waals surface area contributed by atoms with Crippen LogP contribution in [0.15, 0.2) is 11.2 Å². The van der Waals surface area contributed by atoms with Crippen molar-refractivity contribution in [2.75, 3.05) is 13.1 Å². The molecule has 2 N–H and O–H groups in total. The first-order valence-electron chi connectivity index (χ1n) is 5.82. The van der Waals surface area contributed by atoms with Gasteiger partial charge in [0.2, 0.25) is 0 Å². The number of rotatable bonds is 3. The molecule has 0 aliphatic carbocycles. The van der Waals surface area contributed by atoms with Gasteiger partial charge in [-0.3, -0.25) is 4.68 Å². The van der Waals surface area contributed by atoms with E-state index in [9.17, 15) is 8.42 Å². The smallest absolute Gasteiger partial charge is 0.259 e. The highest BCUT2D eigenvalue weighted by Gasteiger charge is 2.29. The molecule has 0 aromatic carbocycles. The van der Waals surface area contributed by atoms with Crippen molar-refractivity contribution >= 4 is 21.6 Å². The van der Waals surface area contributed by atoms with Gasteiger partial charge >= 0.3 is 0 Å². The fourth-order valence-electron chi connectivity index (χ4n) is 2.10. The molecule has 0 radical (unpaired) electrons. The molecular weight excluding hydrogens is 276 g/mol. The third-order valence-electron chi connectivity index (χ3n) is 3.23. The van der Waals surface area contributed by atoms with Crippen LogP contribution in [0.3, 0.4) is 0 Å². The summed E-state index contributed by atoms with van der Waals surface area (Å²) in [5, 5.41) is 7.18. The van der Waals surface area contributed by atoms with E-state index in [0.717, 1.165) is 13.0 Å². The molecule has 1 aliphatic rings. The lowest BCUT2D eigenvalue weighted by molar-refractivity contribution is 0.326. The zero-order valence-corrected chi connectivity index (χ0v) is 11.9. The first kappa shape index (κ1) is 13.8. The van der Waals surface area contributed by atoms with Gasteiger partial charge in [0.15, 0.2) is 5.03 Å². The molecule has 18 heavy (non-hydrogen) atoms. The van der Waals surface area contributed by atoms with Crippen LogP contribution in [0.2, 0.25) is 5.02 Å². The minimum atomic E-state index is -3.63. The molecule has 0 bridgehead atoms. The lowest BCUT2D eigenvalue weighted by atomic mass is 9.96. The third-order valence-corrected chi connectivity index (χ3v) is 5.23. The zero-order chi connectivity index (χ0) is 13.3. The van der Waals surface area contributed by atoms with Crippen molar-refractivity contribution in [3.05, 3.63) is 11.2 Å². The van der Waals surface area contributed by atoms with E-state index in [1.54, 1.807) is 7.05 Å². The van der Waals surface area contributed by atoms with Crippen molar-refractivity contribution in [3.8, 4) is 0 Å². The number of hydrogen-bond acceptors (Lipinski definition) is 4. The molecule has 0 saturated carbocycles. The Bertz CT molecular complexity index is 508. The number of aromatic nitrogens is 2. The largest absolute Gasteiger partial charge is 0.315 e. The van der Waals surface area contributed by atoms with Gasteiger partial charge in [0.25, 0.3) is 10.0 Å². The van der Waals surface area contributed by atoms with Gasteiger partial charge in [-0.15, -0.1) is 0 Å². The van der Waals surface area contributed by atoms with Gasteiger partial charge in [-0.25, -0.2) is 13.1 Å². The van der Waals surface area contributed by atoms with E-state index in [4.69, 9.17) is 11.6 Å². The van der Waals surface area contributed by atoms with E-state index < -0.39 is 10.0 Å². The average molecular weight is 293 g/mol. The van der Waals surface area contributed by atoms with Gasteiger partial charge in [-0.2, -0.15) is 5.10 Å². The second-order valence-electron chi connectivity index (χ2n) is 4.62. The Morgan fingerprint density at radius 2 is 2.33 bits per heavy atom. The van der Waals surface area contributed by atoms with Crippen molar-refractivity contribution in [2.24, 2.45) is 13.0 Å². The van der Waals surface area contributed by atoms with Crippen molar-refractivity contribution < 1.29 is 8.42 Å². The fourth-order valence-corrected chi connectivity index (χ4v) is 4.11. The maximum Gasteiger partial charge on any atom is 0.259 e. The number of nitrogens with one attached hydrogen (secondary N) is 2. The molecule has 8 heteroatoms. The fraction of sp³-hybridized carbons (Fsp3) is 0.700. The summed E-state index contributed by atoms with van der Waals surface area (Å²) < 4.78 is 28.5. The lowest BCUT2D eigenvalue weighted by Gasteiger charge is -2.29. The minimum absolute atomic E-state index is 0.0157. The molecule has 2 atom stereocenters. The van der Waals surface area contributed by atoms with Crippen LogP contribution in [-0.2, 0) is 17.1 Å². The summed E-state index contributed by atoms with van der Waals surface area (Å²) in [6.45, 7) is 3.60. The van der Waals surface area contributed by atoms with Crippen LogP contribution in [0.5, 0.6) is 0 Å². The van der Waals surface area contributed by atoms with E-state index in [2.05, 4.69) is 15.1 Å². The standard InChI is InChI=1S/C10H17ClN4O2S/c1-7-3-4-12-6-9(7)14-18(16,17)10-8(11)5-13-15(10)2/h5,7,9,12,14H,3-4,6H2,1-2H3. The Hall–Kier alpha value is -0.630. The molecular formula is C10H17ClN4O2S. The predicted octanol–water partition coefficient (Wildman–Crippen LogP) is 0.350. The summed E-state index contributed by atoms with van der Waals surface area (Å²) in [7, 11) is -2.07. The van der Waals surface area contributed by atoms with Gasteiger partial charge in [0.1, 0.15) is 0 Å². The molecule has 1 aromatic heterocycles. The maximum atomic E-state index is 12.3. The van der Waals surface area contributed by atoms with Crippen molar-refractivity contribution in [2.45, 2.75) is 24.4 Å². The summed E-state index contributed by atoms with van der Waals surface area (Å²) in [6.07, 6.45) is 2.28. The second kappa shape index (κ2) is 5.16. The molecule has 0 amide bonds. The van der Waals surface area contributed by atoms with Crippen LogP contribution >= 0.6 is 11.6 Å². The molecule has 1 fully saturated rings. The predicted molar refractivity (Wildman–Crippen MR) is 69.0 cm³/mol. The first-order chi connectivity index (χ1) is 8.42. The Kier molecular flexibility index (Phi) is 3.96. The molecule has 1 aliphatic heterocycles. The number of hydrogen-bond donors (Lipinski definition) is 2. The summed E-state index contributed by atoms with van der Waals surface area (Å²) in [6, 6.07) is -0.116. The van der Waals surface area contributed by atoms with E-state index in [0.29, 0.717) is 12.5 Å². The van der Waals surface area contributed by atoms with E-state index in [1.165, 1.54) is 10.9 Å². The van der Waals surface area contributed by atoms with Gasteiger partial charge < -0.3 is 5.32 Å². The van der Waals surface area contributed by atoms with Crippen molar-refractivity contribution in [1.82, 2.24) is 19.8 Å². The van der Waals surface area contributed by atoms with E-state index in [1.807, 2.05) is 6.92 Å². The van der Waals surface area contributed by atoms with Crippen LogP contribution in [0.1, 0.15) is 13.3 Å². The normalized spacial score (nSPS) is 25.3. The highest BCUT2D eigenvalue weighted by molar-refractivity contribution is 7.89. The SMILES string of the molecule is CC1CCNCC1NS(=O)(=O)c1c(Cl)cnn1C. The molecule has 1 aromatic rings. The molecule has 102 valence electrons. The quantitative estimate of drug-likeness (QED) is 0.843. The number of nitrogens with zero attached hydrogens (tertiary/aromatic N) is 2. The summed E-state index contributed by atoms with van der Waals surface area (Å²) >= 11 is 5.87. The summed E-state index contributed by atoms with van der Waals surface area (Å²) in [4.78, 5) is 0. The average Bonchev–Trinajstić information content (AvgIpc) is 2.62. The highest BCUT2D eigenvalue weighted by atomic mass is 35.5. The van der Waals surface area contributed by atoms with Gasteiger partial charge in [0, 0.05) is 19.6 Å². The minimum Gasteiger partial charge on any atom is -0.315 e. The van der Waals surface area contributed by atoms with Crippen LogP contribution in [0, 0.1) is 5.92 Å². The Morgan fingerprint density at radius 3 is 2.89 bits per heavy atom.